The number of ether oxygens (including phenoxy) is 1. The Hall–Kier alpha value is -0.990. The molecule has 0 aliphatic carbocycles. The fraction of sp³-hybridized carbons (Fsp3) is 0.300. The van der Waals surface area contributed by atoms with Gasteiger partial charge in [0.1, 0.15) is 5.75 Å². The van der Waals surface area contributed by atoms with Gasteiger partial charge < -0.3 is 9.84 Å². The van der Waals surface area contributed by atoms with Crippen molar-refractivity contribution in [2.45, 2.75) is 19.2 Å². The van der Waals surface area contributed by atoms with Gasteiger partial charge in [-0.05, 0) is 47.7 Å². The highest BCUT2D eigenvalue weighted by Gasteiger charge is 2.31. The van der Waals surface area contributed by atoms with E-state index in [2.05, 4.69) is 0 Å². The molecule has 0 aliphatic rings. The number of carboxylic acids is 1. The molecule has 0 spiro atoms. The van der Waals surface area contributed by atoms with Gasteiger partial charge in [0, 0.05) is 0 Å². The highest BCUT2D eigenvalue weighted by molar-refractivity contribution is 14.1. The Balaban J connectivity index is 2.95. The maximum Gasteiger partial charge on any atom is 0.416 e. The van der Waals surface area contributed by atoms with Gasteiger partial charge in [0.05, 0.1) is 9.13 Å². The molecule has 0 aromatic heterocycles. The maximum absolute atomic E-state index is 12.4. The Bertz CT molecular complexity index is 431. The zero-order chi connectivity index (χ0) is 13.2. The van der Waals surface area contributed by atoms with Crippen LogP contribution in [0.1, 0.15) is 12.5 Å². The first-order valence-electron chi connectivity index (χ1n) is 4.48. The molecule has 1 atom stereocenters. The number of hydrogen-bond acceptors (Lipinski definition) is 2. The lowest BCUT2D eigenvalue weighted by Crippen LogP contribution is -2.23. The average Bonchev–Trinajstić information content (AvgIpc) is 2.19. The van der Waals surface area contributed by atoms with E-state index in [1.54, 1.807) is 22.6 Å². The van der Waals surface area contributed by atoms with Crippen LogP contribution in [-0.4, -0.2) is 17.2 Å². The van der Waals surface area contributed by atoms with Gasteiger partial charge in [-0.2, -0.15) is 13.2 Å². The monoisotopic (exact) mass is 360 g/mol. The van der Waals surface area contributed by atoms with Crippen molar-refractivity contribution in [3.8, 4) is 5.75 Å². The van der Waals surface area contributed by atoms with Gasteiger partial charge >= 0.3 is 12.1 Å². The summed E-state index contributed by atoms with van der Waals surface area (Å²) < 4.78 is 42.3. The molecule has 1 rings (SSSR count). The van der Waals surface area contributed by atoms with E-state index < -0.39 is 23.8 Å². The smallest absolute Gasteiger partial charge is 0.416 e. The molecule has 1 aromatic rings. The van der Waals surface area contributed by atoms with Crippen LogP contribution in [0.5, 0.6) is 5.75 Å². The first-order valence-corrected chi connectivity index (χ1v) is 5.56. The highest BCUT2D eigenvalue weighted by Crippen LogP contribution is 2.33. The van der Waals surface area contributed by atoms with Crippen molar-refractivity contribution >= 4 is 28.6 Å². The Morgan fingerprint density at radius 3 is 2.47 bits per heavy atom. The largest absolute Gasteiger partial charge is 0.479 e. The van der Waals surface area contributed by atoms with Crippen LogP contribution >= 0.6 is 22.6 Å². The van der Waals surface area contributed by atoms with Crippen LogP contribution < -0.4 is 4.74 Å². The quantitative estimate of drug-likeness (QED) is 0.843. The number of carbonyl (C=O) groups is 1. The van der Waals surface area contributed by atoms with E-state index in [1.807, 2.05) is 0 Å². The summed E-state index contributed by atoms with van der Waals surface area (Å²) in [7, 11) is 0. The first kappa shape index (κ1) is 14.1. The SMILES string of the molecule is C[C@H](Oc1ccc(C(F)(F)F)cc1I)C(=O)O. The molecular weight excluding hydrogens is 352 g/mol. The second kappa shape index (κ2) is 5.11. The van der Waals surface area contributed by atoms with Crippen LogP contribution in [0.2, 0.25) is 0 Å². The van der Waals surface area contributed by atoms with Crippen LogP contribution in [0.25, 0.3) is 0 Å². The molecule has 17 heavy (non-hydrogen) atoms. The van der Waals surface area contributed by atoms with Gasteiger partial charge in [-0.25, -0.2) is 4.79 Å². The molecule has 0 saturated carbocycles. The molecule has 0 aliphatic heterocycles. The molecule has 0 fully saturated rings. The summed E-state index contributed by atoms with van der Waals surface area (Å²) >= 11 is 1.66. The fourth-order valence-corrected chi connectivity index (χ4v) is 1.66. The van der Waals surface area contributed by atoms with Crippen molar-refractivity contribution < 1.29 is 27.8 Å². The number of rotatable bonds is 3. The average molecular weight is 360 g/mol. The second-order valence-corrected chi connectivity index (χ2v) is 4.40. The number of aliphatic carboxylic acids is 1. The summed E-state index contributed by atoms with van der Waals surface area (Å²) in [5, 5.41) is 8.61. The Labute approximate surface area is 109 Å². The Morgan fingerprint density at radius 2 is 2.06 bits per heavy atom. The number of benzene rings is 1. The van der Waals surface area contributed by atoms with Crippen molar-refractivity contribution in [1.29, 1.82) is 0 Å². The topological polar surface area (TPSA) is 46.5 Å². The summed E-state index contributed by atoms with van der Waals surface area (Å²) in [5.74, 6) is -1.06. The van der Waals surface area contributed by atoms with Crippen LogP contribution in [0.3, 0.4) is 0 Å². The van der Waals surface area contributed by atoms with E-state index in [4.69, 9.17) is 9.84 Å². The van der Waals surface area contributed by atoms with Crippen LogP contribution in [0.15, 0.2) is 18.2 Å². The van der Waals surface area contributed by atoms with Crippen LogP contribution in [0.4, 0.5) is 13.2 Å². The molecular formula is C10H8F3IO3. The molecule has 0 amide bonds. The second-order valence-electron chi connectivity index (χ2n) is 3.24. The first-order chi connectivity index (χ1) is 7.71. The number of carboxylic acid groups (broad SMARTS) is 1. The molecule has 0 heterocycles. The van der Waals surface area contributed by atoms with E-state index >= 15 is 0 Å². The normalized spacial score (nSPS) is 13.2. The number of alkyl halides is 3. The zero-order valence-electron chi connectivity index (χ0n) is 8.58. The lowest BCUT2D eigenvalue weighted by atomic mass is 10.2. The van der Waals surface area contributed by atoms with E-state index in [9.17, 15) is 18.0 Å². The summed E-state index contributed by atoms with van der Waals surface area (Å²) in [6, 6.07) is 2.88. The summed E-state index contributed by atoms with van der Waals surface area (Å²) in [6.45, 7) is 1.30. The third-order valence-electron chi connectivity index (χ3n) is 1.91. The zero-order valence-corrected chi connectivity index (χ0v) is 10.7. The van der Waals surface area contributed by atoms with Crippen molar-refractivity contribution in [2.24, 2.45) is 0 Å². The molecule has 94 valence electrons. The molecule has 7 heteroatoms. The van der Waals surface area contributed by atoms with Gasteiger partial charge in [0.25, 0.3) is 0 Å². The molecule has 0 radical (unpaired) electrons. The predicted octanol–water partition coefficient (Wildman–Crippen LogP) is 3.16. The van der Waals surface area contributed by atoms with E-state index in [0.717, 1.165) is 18.2 Å². The van der Waals surface area contributed by atoms with Gasteiger partial charge in [-0.1, -0.05) is 0 Å². The van der Waals surface area contributed by atoms with Gasteiger partial charge in [-0.3, -0.25) is 0 Å². The summed E-state index contributed by atoms with van der Waals surface area (Å²) in [5.41, 5.74) is -0.794. The Morgan fingerprint density at radius 1 is 1.47 bits per heavy atom. The standard InChI is InChI=1S/C10H8F3IO3/c1-5(9(15)16)17-8-3-2-6(4-7(8)14)10(11,12)13/h2-5H,1H3,(H,15,16)/t5-/m0/s1. The third-order valence-corrected chi connectivity index (χ3v) is 2.75. The minimum absolute atomic E-state index is 0.119. The predicted molar refractivity (Wildman–Crippen MR) is 61.9 cm³/mol. The number of hydrogen-bond donors (Lipinski definition) is 1. The van der Waals surface area contributed by atoms with Gasteiger partial charge in [-0.15, -0.1) is 0 Å². The highest BCUT2D eigenvalue weighted by atomic mass is 127. The third kappa shape index (κ3) is 3.76. The fourth-order valence-electron chi connectivity index (χ4n) is 1.01. The molecule has 0 saturated heterocycles. The molecule has 1 N–H and O–H groups in total. The van der Waals surface area contributed by atoms with Crippen LogP contribution in [-0.2, 0) is 11.0 Å². The molecule has 0 bridgehead atoms. The van der Waals surface area contributed by atoms with E-state index in [0.29, 0.717) is 0 Å². The van der Waals surface area contributed by atoms with Gasteiger partial charge in [0.2, 0.25) is 0 Å². The minimum atomic E-state index is -4.42. The molecule has 0 unspecified atom stereocenters. The molecule has 1 aromatic carbocycles. The van der Waals surface area contributed by atoms with Crippen molar-refractivity contribution in [1.82, 2.24) is 0 Å². The van der Waals surface area contributed by atoms with Crippen LogP contribution in [0, 0.1) is 3.57 Å². The lowest BCUT2D eigenvalue weighted by molar-refractivity contribution is -0.144. The Kier molecular flexibility index (Phi) is 4.23. The van der Waals surface area contributed by atoms with Crippen molar-refractivity contribution in [2.75, 3.05) is 0 Å². The minimum Gasteiger partial charge on any atom is -0.479 e. The van der Waals surface area contributed by atoms with Gasteiger partial charge in [0.15, 0.2) is 6.10 Å². The maximum atomic E-state index is 12.4. The summed E-state index contributed by atoms with van der Waals surface area (Å²) in [4.78, 5) is 10.5. The molecule has 3 nitrogen and oxygen atoms in total. The van der Waals surface area contributed by atoms with E-state index in [1.165, 1.54) is 6.92 Å². The van der Waals surface area contributed by atoms with Crippen molar-refractivity contribution in [3.63, 3.8) is 0 Å². The number of halogens is 4. The van der Waals surface area contributed by atoms with Crippen molar-refractivity contribution in [3.05, 3.63) is 27.3 Å². The van der Waals surface area contributed by atoms with E-state index in [-0.39, 0.29) is 9.32 Å². The lowest BCUT2D eigenvalue weighted by Gasteiger charge is -2.13. The summed E-state index contributed by atoms with van der Waals surface area (Å²) in [6.07, 6.45) is -5.53.